The molecule has 0 saturated heterocycles. The number of aromatic nitrogens is 2. The Morgan fingerprint density at radius 1 is 1.24 bits per heavy atom. The summed E-state index contributed by atoms with van der Waals surface area (Å²) in [4.78, 5) is 28.3. The fraction of sp³-hybridized carbons (Fsp3) is 0.385. The molecule has 1 aliphatic carbocycles. The van der Waals surface area contributed by atoms with Crippen molar-refractivity contribution in [2.45, 2.75) is 51.6 Å². The molecule has 180 valence electrons. The zero-order chi connectivity index (χ0) is 24.8. The van der Waals surface area contributed by atoms with Crippen LogP contribution in [0.2, 0.25) is 0 Å². The zero-order valence-electron chi connectivity index (χ0n) is 19.8. The molecule has 3 N–H and O–H groups in total. The van der Waals surface area contributed by atoms with Gasteiger partial charge in [-0.15, -0.1) is 0 Å². The lowest BCUT2D eigenvalue weighted by Crippen LogP contribution is -2.23. The molecule has 0 bridgehead atoms. The number of allylic oxidation sites excluding steroid dienone is 2. The SMILES string of the molecule is CCNC(=O)c1cc2c(-c3cc(C(C)(C)O)ccc3C3=CCC(F)(F)CC3)cn(C)c(=O)c2[nH]1. The minimum Gasteiger partial charge on any atom is -0.386 e. The van der Waals surface area contributed by atoms with Crippen LogP contribution in [-0.4, -0.2) is 33.0 Å². The Balaban J connectivity index is 2.00. The maximum Gasteiger partial charge on any atom is 0.274 e. The van der Waals surface area contributed by atoms with Crippen LogP contribution in [-0.2, 0) is 12.6 Å². The van der Waals surface area contributed by atoms with Crippen LogP contribution >= 0.6 is 0 Å². The third-order valence-electron chi connectivity index (χ3n) is 6.32. The molecule has 0 atom stereocenters. The van der Waals surface area contributed by atoms with Crippen LogP contribution in [0.15, 0.2) is 41.3 Å². The molecule has 0 saturated carbocycles. The Labute approximate surface area is 196 Å². The highest BCUT2D eigenvalue weighted by atomic mass is 19.3. The average Bonchev–Trinajstić information content (AvgIpc) is 3.21. The topological polar surface area (TPSA) is 87.1 Å². The van der Waals surface area contributed by atoms with Crippen molar-refractivity contribution in [2.24, 2.45) is 7.05 Å². The van der Waals surface area contributed by atoms with Crippen LogP contribution in [0.3, 0.4) is 0 Å². The summed E-state index contributed by atoms with van der Waals surface area (Å²) in [5.41, 5.74) is 2.71. The zero-order valence-corrected chi connectivity index (χ0v) is 19.8. The number of H-pyrrole nitrogens is 1. The molecule has 0 radical (unpaired) electrons. The quantitative estimate of drug-likeness (QED) is 0.506. The summed E-state index contributed by atoms with van der Waals surface area (Å²) in [6.07, 6.45) is 2.91. The number of rotatable bonds is 5. The number of halogens is 2. The van der Waals surface area contributed by atoms with E-state index < -0.39 is 11.5 Å². The van der Waals surface area contributed by atoms with E-state index in [-0.39, 0.29) is 41.9 Å². The lowest BCUT2D eigenvalue weighted by atomic mass is 9.84. The predicted molar refractivity (Wildman–Crippen MR) is 129 cm³/mol. The van der Waals surface area contributed by atoms with Gasteiger partial charge in [0.2, 0.25) is 0 Å². The monoisotopic (exact) mass is 469 g/mol. The molecule has 1 aromatic carbocycles. The fourth-order valence-corrected chi connectivity index (χ4v) is 4.39. The van der Waals surface area contributed by atoms with Crippen molar-refractivity contribution in [3.05, 3.63) is 63.7 Å². The van der Waals surface area contributed by atoms with Crippen LogP contribution in [0, 0.1) is 0 Å². The van der Waals surface area contributed by atoms with Crippen molar-refractivity contribution in [2.75, 3.05) is 6.54 Å². The fourth-order valence-electron chi connectivity index (χ4n) is 4.39. The summed E-state index contributed by atoms with van der Waals surface area (Å²) in [6, 6.07) is 7.11. The standard InChI is InChI=1S/C26H29F2N3O3/c1-5-29-23(32)21-13-19-20(14-31(4)24(33)22(19)30-21)18-12-16(25(2,3)34)6-7-17(18)15-8-10-26(27,28)11-9-15/h6-8,12-14,30,34H,5,9-11H2,1-4H3,(H,29,32). The number of hydrogen-bond donors (Lipinski definition) is 3. The highest BCUT2D eigenvalue weighted by molar-refractivity contribution is 6.03. The molecule has 2 heterocycles. The maximum absolute atomic E-state index is 13.8. The van der Waals surface area contributed by atoms with E-state index in [1.165, 1.54) is 4.57 Å². The average molecular weight is 470 g/mol. The number of alkyl halides is 2. The van der Waals surface area contributed by atoms with Gasteiger partial charge in [0.25, 0.3) is 17.4 Å². The molecule has 0 fully saturated rings. The van der Waals surface area contributed by atoms with Crippen LogP contribution in [0.1, 0.15) is 61.6 Å². The summed E-state index contributed by atoms with van der Waals surface area (Å²) in [5, 5.41) is 13.9. The van der Waals surface area contributed by atoms with Crippen LogP contribution in [0.25, 0.3) is 27.6 Å². The van der Waals surface area contributed by atoms with Crippen molar-refractivity contribution < 1.29 is 18.7 Å². The first-order valence-corrected chi connectivity index (χ1v) is 11.4. The lowest BCUT2D eigenvalue weighted by molar-refractivity contribution is -0.00603. The minimum absolute atomic E-state index is 0.216. The van der Waals surface area contributed by atoms with E-state index in [9.17, 15) is 23.5 Å². The molecular formula is C26H29F2N3O3. The van der Waals surface area contributed by atoms with Crippen molar-refractivity contribution in [3.8, 4) is 11.1 Å². The second-order valence-electron chi connectivity index (χ2n) is 9.40. The van der Waals surface area contributed by atoms with Crippen molar-refractivity contribution in [1.82, 2.24) is 14.9 Å². The number of aromatic amines is 1. The number of carbonyl (C=O) groups is 1. The molecule has 1 aliphatic rings. The Kier molecular flexibility index (Phi) is 5.97. The lowest BCUT2D eigenvalue weighted by Gasteiger charge is -2.25. The molecule has 8 heteroatoms. The normalized spacial score (nSPS) is 15.9. The van der Waals surface area contributed by atoms with Gasteiger partial charge in [0, 0.05) is 43.6 Å². The minimum atomic E-state index is -2.72. The van der Waals surface area contributed by atoms with E-state index in [0.29, 0.717) is 28.6 Å². The number of aryl methyl sites for hydroxylation is 1. The Morgan fingerprint density at radius 2 is 1.97 bits per heavy atom. The van der Waals surface area contributed by atoms with Crippen LogP contribution in [0.5, 0.6) is 0 Å². The van der Waals surface area contributed by atoms with Crippen molar-refractivity contribution >= 4 is 22.4 Å². The van der Waals surface area contributed by atoms with Gasteiger partial charge in [-0.1, -0.05) is 18.2 Å². The first-order chi connectivity index (χ1) is 15.9. The van der Waals surface area contributed by atoms with Gasteiger partial charge in [-0.3, -0.25) is 9.59 Å². The molecule has 6 nitrogen and oxygen atoms in total. The van der Waals surface area contributed by atoms with Gasteiger partial charge < -0.3 is 20.0 Å². The number of fused-ring (bicyclic) bond motifs is 1. The van der Waals surface area contributed by atoms with Gasteiger partial charge in [0.1, 0.15) is 11.2 Å². The first kappa shape index (κ1) is 23.9. The number of nitrogens with one attached hydrogen (secondary N) is 2. The van der Waals surface area contributed by atoms with Gasteiger partial charge in [0.15, 0.2) is 0 Å². The number of benzene rings is 1. The number of pyridine rings is 1. The van der Waals surface area contributed by atoms with E-state index in [0.717, 1.165) is 11.1 Å². The van der Waals surface area contributed by atoms with E-state index in [2.05, 4.69) is 10.3 Å². The number of nitrogens with zero attached hydrogens (tertiary/aromatic N) is 1. The van der Waals surface area contributed by atoms with Crippen LogP contribution in [0.4, 0.5) is 8.78 Å². The molecular weight excluding hydrogens is 440 g/mol. The van der Waals surface area contributed by atoms with Crippen molar-refractivity contribution in [3.63, 3.8) is 0 Å². The summed E-state index contributed by atoms with van der Waals surface area (Å²) in [6.45, 7) is 5.59. The number of amides is 1. The van der Waals surface area contributed by atoms with E-state index in [4.69, 9.17) is 0 Å². The Hall–Kier alpha value is -3.26. The molecule has 1 amide bonds. The highest BCUT2D eigenvalue weighted by Crippen LogP contribution is 2.42. The second kappa shape index (κ2) is 8.51. The van der Waals surface area contributed by atoms with Gasteiger partial charge in [-0.25, -0.2) is 8.78 Å². The molecule has 2 aromatic heterocycles. The summed E-state index contributed by atoms with van der Waals surface area (Å²) >= 11 is 0. The maximum atomic E-state index is 13.8. The predicted octanol–water partition coefficient (Wildman–Crippen LogP) is 4.71. The number of aliphatic hydroxyl groups is 1. The second-order valence-corrected chi connectivity index (χ2v) is 9.40. The first-order valence-electron chi connectivity index (χ1n) is 11.4. The molecule has 0 spiro atoms. The molecule has 34 heavy (non-hydrogen) atoms. The summed E-state index contributed by atoms with van der Waals surface area (Å²) in [7, 11) is 1.62. The molecule has 3 aromatic rings. The van der Waals surface area contributed by atoms with Gasteiger partial charge >= 0.3 is 0 Å². The Bertz CT molecular complexity index is 1360. The largest absolute Gasteiger partial charge is 0.386 e. The highest BCUT2D eigenvalue weighted by Gasteiger charge is 2.32. The van der Waals surface area contributed by atoms with Gasteiger partial charge in [0.05, 0.1) is 5.60 Å². The summed E-state index contributed by atoms with van der Waals surface area (Å²) < 4.78 is 29.1. The van der Waals surface area contributed by atoms with Gasteiger partial charge in [-0.05, 0) is 61.6 Å². The number of hydrogen-bond acceptors (Lipinski definition) is 3. The third kappa shape index (κ3) is 4.42. The third-order valence-corrected chi connectivity index (χ3v) is 6.32. The molecule has 4 rings (SSSR count). The smallest absolute Gasteiger partial charge is 0.274 e. The van der Waals surface area contributed by atoms with E-state index in [1.807, 2.05) is 12.1 Å². The van der Waals surface area contributed by atoms with E-state index in [1.54, 1.807) is 52.2 Å². The van der Waals surface area contributed by atoms with Gasteiger partial charge in [-0.2, -0.15) is 0 Å². The number of carbonyl (C=O) groups excluding carboxylic acids is 1. The molecule has 0 unspecified atom stereocenters. The van der Waals surface area contributed by atoms with E-state index >= 15 is 0 Å². The van der Waals surface area contributed by atoms with Crippen LogP contribution < -0.4 is 10.9 Å². The summed E-state index contributed by atoms with van der Waals surface area (Å²) in [5.74, 6) is -3.04. The molecule has 0 aliphatic heterocycles. The van der Waals surface area contributed by atoms with Crippen molar-refractivity contribution in [1.29, 1.82) is 0 Å². The Morgan fingerprint density at radius 3 is 2.59 bits per heavy atom.